The van der Waals surface area contributed by atoms with Crippen LogP contribution < -0.4 is 16.0 Å². The second-order valence-electron chi connectivity index (χ2n) is 7.11. The number of hydrogen-bond acceptors (Lipinski definition) is 3. The second-order valence-corrected chi connectivity index (χ2v) is 8.03. The van der Waals surface area contributed by atoms with Gasteiger partial charge in [0.1, 0.15) is 0 Å². The highest BCUT2D eigenvalue weighted by atomic mass is 127. The minimum atomic E-state index is -0.0258. The van der Waals surface area contributed by atoms with Crippen LogP contribution in [0.5, 0.6) is 0 Å². The van der Waals surface area contributed by atoms with Gasteiger partial charge in [0.2, 0.25) is 5.91 Å². The zero-order valence-corrected chi connectivity index (χ0v) is 20.9. The molecule has 0 radical (unpaired) electrons. The van der Waals surface area contributed by atoms with E-state index in [0.717, 1.165) is 48.6 Å². The number of amides is 1. The molecule has 1 amide bonds. The Kier molecular flexibility index (Phi) is 12.0. The average molecular weight is 566 g/mol. The van der Waals surface area contributed by atoms with Crippen LogP contribution in [0.4, 0.5) is 5.69 Å². The predicted octanol–water partition coefficient (Wildman–Crippen LogP) is 3.82. The van der Waals surface area contributed by atoms with E-state index in [4.69, 9.17) is 0 Å². The highest BCUT2D eigenvalue weighted by Crippen LogP contribution is 2.14. The molecule has 0 atom stereocenters. The molecule has 0 saturated carbocycles. The number of carbonyl (C=O) groups is 1. The summed E-state index contributed by atoms with van der Waals surface area (Å²) in [4.78, 5) is 19.2. The van der Waals surface area contributed by atoms with Gasteiger partial charge in [-0.2, -0.15) is 0 Å². The summed E-state index contributed by atoms with van der Waals surface area (Å²) in [5.74, 6) is 0.777. The third kappa shape index (κ3) is 9.09. The summed E-state index contributed by atoms with van der Waals surface area (Å²) >= 11 is 3.39. The molecule has 3 N–H and O–H groups in total. The van der Waals surface area contributed by atoms with Crippen molar-refractivity contribution in [3.8, 4) is 0 Å². The Bertz CT molecular complexity index is 616. The fourth-order valence-electron chi connectivity index (χ4n) is 3.10. The number of guanidine groups is 1. The van der Waals surface area contributed by atoms with Crippen molar-refractivity contribution >= 4 is 57.5 Å². The molecule has 6 nitrogen and oxygen atoms in total. The lowest BCUT2D eigenvalue weighted by atomic mass is 10.0. The molecular weight excluding hydrogens is 533 g/mol. The number of nitrogens with zero attached hydrogens (tertiary/aromatic N) is 2. The lowest BCUT2D eigenvalue weighted by Gasteiger charge is -2.35. The van der Waals surface area contributed by atoms with Gasteiger partial charge in [-0.3, -0.25) is 9.79 Å². The predicted molar refractivity (Wildman–Crippen MR) is 132 cm³/mol. The van der Waals surface area contributed by atoms with E-state index in [-0.39, 0.29) is 29.9 Å². The molecular formula is C20H33BrIN5O. The molecule has 8 heteroatoms. The topological polar surface area (TPSA) is 68.8 Å². The molecule has 1 fully saturated rings. The lowest BCUT2D eigenvalue weighted by Crippen LogP contribution is -2.49. The number of hydrogen-bond donors (Lipinski definition) is 3. The smallest absolute Gasteiger partial charge is 0.226 e. The summed E-state index contributed by atoms with van der Waals surface area (Å²) in [6.45, 7) is 10.1. The second kappa shape index (κ2) is 13.4. The molecule has 1 aromatic rings. The quantitative estimate of drug-likeness (QED) is 0.267. The van der Waals surface area contributed by atoms with Crippen molar-refractivity contribution < 1.29 is 4.79 Å². The standard InChI is InChI=1S/C20H32BrN5O.HI/c1-4-22-20(25-18-10-13-26(14-11-18)15(2)3)23-12-9-19(27)24-17-7-5-16(21)6-8-17;/h5-8,15,18H,4,9-14H2,1-3H3,(H,24,27)(H2,22,23,25);1H. The molecule has 1 aromatic carbocycles. The Morgan fingerprint density at radius 2 is 1.89 bits per heavy atom. The third-order valence-corrected chi connectivity index (χ3v) is 5.21. The Hall–Kier alpha value is -0.870. The van der Waals surface area contributed by atoms with Crippen molar-refractivity contribution in [3.63, 3.8) is 0 Å². The van der Waals surface area contributed by atoms with E-state index in [1.54, 1.807) is 0 Å². The molecule has 1 aliphatic rings. The molecule has 0 unspecified atom stereocenters. The van der Waals surface area contributed by atoms with E-state index >= 15 is 0 Å². The van der Waals surface area contributed by atoms with Crippen LogP contribution in [0.25, 0.3) is 0 Å². The lowest BCUT2D eigenvalue weighted by molar-refractivity contribution is -0.116. The summed E-state index contributed by atoms with van der Waals surface area (Å²) in [5, 5.41) is 9.70. The number of benzene rings is 1. The average Bonchev–Trinajstić information content (AvgIpc) is 2.64. The number of piperidine rings is 1. The molecule has 0 aliphatic carbocycles. The first-order valence-electron chi connectivity index (χ1n) is 9.82. The number of nitrogens with one attached hydrogen (secondary N) is 3. The van der Waals surface area contributed by atoms with E-state index in [0.29, 0.717) is 25.0 Å². The maximum Gasteiger partial charge on any atom is 0.226 e. The van der Waals surface area contributed by atoms with Crippen LogP contribution in [0.3, 0.4) is 0 Å². The summed E-state index contributed by atoms with van der Waals surface area (Å²) < 4.78 is 0.991. The number of carbonyl (C=O) groups excluding carboxylic acids is 1. The van der Waals surface area contributed by atoms with Gasteiger partial charge in [-0.15, -0.1) is 24.0 Å². The molecule has 2 rings (SSSR count). The molecule has 0 bridgehead atoms. The molecule has 158 valence electrons. The normalized spacial score (nSPS) is 15.8. The highest BCUT2D eigenvalue weighted by Gasteiger charge is 2.21. The van der Waals surface area contributed by atoms with Gasteiger partial charge >= 0.3 is 0 Å². The van der Waals surface area contributed by atoms with E-state index in [1.165, 1.54) is 0 Å². The van der Waals surface area contributed by atoms with Crippen molar-refractivity contribution in [2.24, 2.45) is 4.99 Å². The molecule has 1 saturated heterocycles. The van der Waals surface area contributed by atoms with Gasteiger partial charge in [0.05, 0.1) is 6.54 Å². The maximum atomic E-state index is 12.1. The monoisotopic (exact) mass is 565 g/mol. The Labute approximate surface area is 194 Å². The number of aliphatic imine (C=N–C) groups is 1. The fourth-order valence-corrected chi connectivity index (χ4v) is 3.36. The van der Waals surface area contributed by atoms with Crippen molar-refractivity contribution in [3.05, 3.63) is 28.7 Å². The summed E-state index contributed by atoms with van der Waals surface area (Å²) in [5.41, 5.74) is 0.800. The van der Waals surface area contributed by atoms with Gasteiger partial charge in [0, 0.05) is 48.3 Å². The van der Waals surface area contributed by atoms with Crippen molar-refractivity contribution in [2.75, 3.05) is 31.5 Å². The fraction of sp³-hybridized carbons (Fsp3) is 0.600. The van der Waals surface area contributed by atoms with E-state index in [2.05, 4.69) is 62.5 Å². The Morgan fingerprint density at radius 1 is 1.25 bits per heavy atom. The summed E-state index contributed by atoms with van der Waals surface area (Å²) in [6.07, 6.45) is 2.59. The molecule has 28 heavy (non-hydrogen) atoms. The minimum absolute atomic E-state index is 0. The summed E-state index contributed by atoms with van der Waals surface area (Å²) in [7, 11) is 0. The SMILES string of the molecule is CCNC(=NCCC(=O)Nc1ccc(Br)cc1)NC1CCN(C(C)C)CC1.I. The van der Waals surface area contributed by atoms with Crippen LogP contribution in [0, 0.1) is 0 Å². The van der Waals surface area contributed by atoms with Gasteiger partial charge in [-0.05, 0) is 57.9 Å². The zero-order valence-electron chi connectivity index (χ0n) is 17.0. The van der Waals surface area contributed by atoms with Gasteiger partial charge in [-0.25, -0.2) is 0 Å². The van der Waals surface area contributed by atoms with Crippen LogP contribution in [-0.2, 0) is 4.79 Å². The molecule has 0 aromatic heterocycles. The molecule has 1 aliphatic heterocycles. The minimum Gasteiger partial charge on any atom is -0.357 e. The van der Waals surface area contributed by atoms with Gasteiger partial charge in [-0.1, -0.05) is 15.9 Å². The van der Waals surface area contributed by atoms with Crippen molar-refractivity contribution in [2.45, 2.75) is 52.1 Å². The zero-order chi connectivity index (χ0) is 19.6. The van der Waals surface area contributed by atoms with Crippen molar-refractivity contribution in [1.82, 2.24) is 15.5 Å². The summed E-state index contributed by atoms with van der Waals surface area (Å²) in [6, 6.07) is 8.62. The molecule has 0 spiro atoms. The maximum absolute atomic E-state index is 12.1. The number of rotatable bonds is 7. The van der Waals surface area contributed by atoms with Gasteiger partial charge in [0.15, 0.2) is 5.96 Å². The van der Waals surface area contributed by atoms with E-state index in [9.17, 15) is 4.79 Å². The molecule has 1 heterocycles. The van der Waals surface area contributed by atoms with E-state index < -0.39 is 0 Å². The van der Waals surface area contributed by atoms with Gasteiger partial charge in [0.25, 0.3) is 0 Å². The first-order chi connectivity index (χ1) is 13.0. The third-order valence-electron chi connectivity index (χ3n) is 4.68. The van der Waals surface area contributed by atoms with Crippen LogP contribution in [0.2, 0.25) is 0 Å². The first-order valence-corrected chi connectivity index (χ1v) is 10.6. The van der Waals surface area contributed by atoms with Crippen LogP contribution >= 0.6 is 39.9 Å². The van der Waals surface area contributed by atoms with Crippen LogP contribution in [0.1, 0.15) is 40.0 Å². The number of anilines is 1. The largest absolute Gasteiger partial charge is 0.357 e. The number of likely N-dealkylation sites (tertiary alicyclic amines) is 1. The first kappa shape index (κ1) is 25.2. The Morgan fingerprint density at radius 3 is 2.46 bits per heavy atom. The van der Waals surface area contributed by atoms with Crippen LogP contribution in [0.15, 0.2) is 33.7 Å². The van der Waals surface area contributed by atoms with Gasteiger partial charge < -0.3 is 20.9 Å². The van der Waals surface area contributed by atoms with E-state index in [1.807, 2.05) is 24.3 Å². The highest BCUT2D eigenvalue weighted by molar-refractivity contribution is 14.0. The van der Waals surface area contributed by atoms with Crippen molar-refractivity contribution in [1.29, 1.82) is 0 Å². The number of halogens is 2. The van der Waals surface area contributed by atoms with Crippen LogP contribution in [-0.4, -0.2) is 55.0 Å². The Balaban J connectivity index is 0.00000392.